The molecule has 0 aliphatic heterocycles. The summed E-state index contributed by atoms with van der Waals surface area (Å²) >= 11 is 0. The van der Waals surface area contributed by atoms with E-state index in [0.29, 0.717) is 12.3 Å². The first-order valence-corrected chi connectivity index (χ1v) is 6.35. The third-order valence-electron chi connectivity index (χ3n) is 3.04. The van der Waals surface area contributed by atoms with Crippen molar-refractivity contribution in [3.8, 4) is 5.75 Å². The summed E-state index contributed by atoms with van der Waals surface area (Å²) in [6.45, 7) is 1.57. The molecule has 20 heavy (non-hydrogen) atoms. The van der Waals surface area contributed by atoms with E-state index in [-0.39, 0.29) is 17.6 Å². The number of nitrogens with zero attached hydrogens (tertiary/aromatic N) is 2. The molecule has 1 aromatic carbocycles. The van der Waals surface area contributed by atoms with Gasteiger partial charge in [0.15, 0.2) is 11.9 Å². The van der Waals surface area contributed by atoms with Gasteiger partial charge >= 0.3 is 0 Å². The molecule has 2 rings (SSSR count). The Hall–Kier alpha value is -1.96. The van der Waals surface area contributed by atoms with E-state index >= 15 is 0 Å². The quantitative estimate of drug-likeness (QED) is 0.593. The molecule has 2 aromatic rings. The van der Waals surface area contributed by atoms with Gasteiger partial charge in [0.1, 0.15) is 5.75 Å². The summed E-state index contributed by atoms with van der Waals surface area (Å²) in [6, 6.07) is 5.96. The van der Waals surface area contributed by atoms with Crippen LogP contribution in [0.5, 0.6) is 5.75 Å². The van der Waals surface area contributed by atoms with Gasteiger partial charge in [-0.05, 0) is 24.6 Å². The van der Waals surface area contributed by atoms with Crippen LogP contribution in [0, 0.1) is 0 Å². The average molecular weight is 279 g/mol. The first kappa shape index (κ1) is 14.4. The van der Waals surface area contributed by atoms with E-state index in [9.17, 15) is 10.2 Å². The lowest BCUT2D eigenvalue weighted by atomic mass is 10.1. The number of nitrogens with two attached hydrogens (primary N) is 1. The molecule has 3 atom stereocenters. The van der Waals surface area contributed by atoms with Gasteiger partial charge in [0.25, 0.3) is 5.89 Å². The highest BCUT2D eigenvalue weighted by Gasteiger charge is 2.23. The van der Waals surface area contributed by atoms with Crippen LogP contribution in [0.1, 0.15) is 36.3 Å². The lowest BCUT2D eigenvalue weighted by molar-refractivity contribution is -0.431. The Balaban J connectivity index is 2.06. The fraction of sp³-hybridized carbons (Fsp3) is 0.385. The highest BCUT2D eigenvalue weighted by atomic mass is 16.5. The second kappa shape index (κ2) is 6.00. The van der Waals surface area contributed by atoms with Gasteiger partial charge in [-0.15, -0.1) is 0 Å². The van der Waals surface area contributed by atoms with Crippen LogP contribution in [-0.4, -0.2) is 26.5 Å². The Morgan fingerprint density at radius 1 is 1.35 bits per heavy atom. The summed E-state index contributed by atoms with van der Waals surface area (Å²) in [5.74, 6) is 0.871. The first-order chi connectivity index (χ1) is 9.47. The Morgan fingerprint density at radius 3 is 2.60 bits per heavy atom. The van der Waals surface area contributed by atoms with Crippen molar-refractivity contribution in [3.05, 3.63) is 41.5 Å². The summed E-state index contributed by atoms with van der Waals surface area (Å²) in [5, 5.41) is 22.4. The smallest absolute Gasteiger partial charge is 0.285 e. The van der Waals surface area contributed by atoms with E-state index in [1.54, 1.807) is 19.1 Å². The monoisotopic (exact) mass is 279 g/mol. The maximum atomic E-state index is 9.40. The van der Waals surface area contributed by atoms with Crippen LogP contribution in [-0.2, 0) is 6.42 Å². The van der Waals surface area contributed by atoms with Gasteiger partial charge in [0.05, 0.1) is 12.1 Å². The predicted molar refractivity (Wildman–Crippen MR) is 70.3 cm³/mol. The minimum absolute atomic E-state index is 0.220. The number of phenolic OH excluding ortho intramolecular Hbond substituents is 1. The molecule has 1 aromatic heterocycles. The second-order valence-electron chi connectivity index (χ2n) is 4.82. The molecule has 0 radical (unpaired) electrons. The van der Waals surface area contributed by atoms with Crippen molar-refractivity contribution in [2.75, 3.05) is 0 Å². The maximum Gasteiger partial charge on any atom is 0.285 e. The second-order valence-corrected chi connectivity index (χ2v) is 4.82. The van der Waals surface area contributed by atoms with Gasteiger partial charge < -0.3 is 26.2 Å². The van der Waals surface area contributed by atoms with Crippen LogP contribution in [0.2, 0.25) is 0 Å². The Morgan fingerprint density at radius 2 is 2.00 bits per heavy atom. The van der Waals surface area contributed by atoms with Crippen molar-refractivity contribution in [1.29, 1.82) is 0 Å². The highest BCUT2D eigenvalue weighted by molar-refractivity contribution is 5.26. The summed E-state index contributed by atoms with van der Waals surface area (Å²) in [5.41, 5.74) is 10.7. The molecule has 7 heteroatoms. The van der Waals surface area contributed by atoms with E-state index < -0.39 is 12.1 Å². The molecule has 7 N–H and O–H groups in total. The zero-order chi connectivity index (χ0) is 14.7. The van der Waals surface area contributed by atoms with Gasteiger partial charge in [-0.2, -0.15) is 4.98 Å². The molecule has 108 valence electrons. The molecule has 0 saturated heterocycles. The standard InChI is InChI=1S/C13H18N4O3/c1-7(18)11(15)12-16-13(20-17-12)10(14)6-8-2-4-9(19)5-3-8/h2-5,7,10-11,18-19H,6,14-15H2,1H3/p+1. The lowest BCUT2D eigenvalue weighted by Crippen LogP contribution is -2.54. The molecule has 0 aliphatic rings. The van der Waals surface area contributed by atoms with Crippen LogP contribution in [0.4, 0.5) is 0 Å². The SMILES string of the molecule is CC(O)C(N)c1noc(C([NH3+])Cc2ccc(O)cc2)n1. The van der Waals surface area contributed by atoms with Crippen LogP contribution < -0.4 is 11.5 Å². The van der Waals surface area contributed by atoms with Crippen molar-refractivity contribution >= 4 is 0 Å². The molecule has 0 bridgehead atoms. The van der Waals surface area contributed by atoms with Crippen LogP contribution in [0.25, 0.3) is 0 Å². The van der Waals surface area contributed by atoms with E-state index in [1.165, 1.54) is 0 Å². The number of phenols is 1. The van der Waals surface area contributed by atoms with Crippen molar-refractivity contribution in [2.45, 2.75) is 31.5 Å². The summed E-state index contributed by atoms with van der Waals surface area (Å²) < 4.78 is 5.13. The lowest BCUT2D eigenvalue weighted by Gasteiger charge is -2.08. The van der Waals surface area contributed by atoms with E-state index in [2.05, 4.69) is 15.9 Å². The molecule has 7 nitrogen and oxygen atoms in total. The van der Waals surface area contributed by atoms with Crippen molar-refractivity contribution in [1.82, 2.24) is 10.1 Å². The Bertz CT molecular complexity index is 553. The van der Waals surface area contributed by atoms with Gasteiger partial charge in [0.2, 0.25) is 0 Å². The molecule has 1 heterocycles. The molecule has 3 unspecified atom stereocenters. The van der Waals surface area contributed by atoms with Gasteiger partial charge in [-0.1, -0.05) is 17.3 Å². The number of aliphatic hydroxyl groups is 1. The first-order valence-electron chi connectivity index (χ1n) is 6.35. The van der Waals surface area contributed by atoms with Crippen molar-refractivity contribution in [3.63, 3.8) is 0 Å². The van der Waals surface area contributed by atoms with E-state index in [4.69, 9.17) is 10.3 Å². The van der Waals surface area contributed by atoms with Crippen LogP contribution in [0.15, 0.2) is 28.8 Å². The summed E-state index contributed by atoms with van der Waals surface area (Å²) in [7, 11) is 0. The van der Waals surface area contributed by atoms with Gasteiger partial charge in [-0.25, -0.2) is 0 Å². The summed E-state index contributed by atoms with van der Waals surface area (Å²) in [4.78, 5) is 4.17. The number of aliphatic hydroxyl groups excluding tert-OH is 1. The third kappa shape index (κ3) is 3.32. The zero-order valence-corrected chi connectivity index (χ0v) is 11.2. The number of quaternary nitrogens is 1. The topological polar surface area (TPSA) is 133 Å². The molecule has 0 aliphatic carbocycles. The molecular weight excluding hydrogens is 260 g/mol. The number of aromatic hydroxyl groups is 1. The molecule has 0 spiro atoms. The van der Waals surface area contributed by atoms with Crippen LogP contribution in [0.3, 0.4) is 0 Å². The molecule has 0 fully saturated rings. The Labute approximate surface area is 116 Å². The minimum Gasteiger partial charge on any atom is -0.508 e. The predicted octanol–water partition coefficient (Wildman–Crippen LogP) is -0.318. The number of benzene rings is 1. The fourth-order valence-corrected chi connectivity index (χ4v) is 1.77. The zero-order valence-electron chi connectivity index (χ0n) is 11.2. The number of aromatic nitrogens is 2. The van der Waals surface area contributed by atoms with Crippen molar-refractivity contribution < 1.29 is 20.5 Å². The molecule has 0 saturated carbocycles. The third-order valence-corrected chi connectivity index (χ3v) is 3.04. The van der Waals surface area contributed by atoms with Gasteiger partial charge in [-0.3, -0.25) is 0 Å². The molecular formula is C13H19N4O3+. The number of rotatable bonds is 5. The molecule has 0 amide bonds. The number of hydrogen-bond donors (Lipinski definition) is 4. The largest absolute Gasteiger partial charge is 0.508 e. The maximum absolute atomic E-state index is 9.40. The average Bonchev–Trinajstić information content (AvgIpc) is 2.90. The summed E-state index contributed by atoms with van der Waals surface area (Å²) in [6.07, 6.45) is -0.146. The normalized spacial score (nSPS) is 15.8. The van der Waals surface area contributed by atoms with Crippen LogP contribution >= 0.6 is 0 Å². The number of hydrogen-bond acceptors (Lipinski definition) is 6. The minimum atomic E-state index is -0.749. The van der Waals surface area contributed by atoms with E-state index in [0.717, 1.165) is 5.56 Å². The van der Waals surface area contributed by atoms with E-state index in [1.807, 2.05) is 12.1 Å². The van der Waals surface area contributed by atoms with Gasteiger partial charge in [0, 0.05) is 6.42 Å². The Kier molecular flexibility index (Phi) is 4.33. The highest BCUT2D eigenvalue weighted by Crippen LogP contribution is 2.17. The van der Waals surface area contributed by atoms with Crippen molar-refractivity contribution in [2.24, 2.45) is 5.73 Å². The fourth-order valence-electron chi connectivity index (χ4n) is 1.77.